The molecule has 0 aliphatic carbocycles. The Hall–Kier alpha value is 2.45. The summed E-state index contributed by atoms with van der Waals surface area (Å²) in [5.74, 6) is 0. The molecule has 4 heavy (non-hydrogen) atoms. The maximum atomic E-state index is 0. The van der Waals surface area contributed by atoms with E-state index >= 15 is 0 Å². The molecule has 0 saturated carbocycles. The minimum Gasteiger partial charge on any atom is 0 e. The molecule has 0 saturated heterocycles. The van der Waals surface area contributed by atoms with Gasteiger partial charge in [-0.15, -0.1) is 0 Å². The van der Waals surface area contributed by atoms with Crippen molar-refractivity contribution in [2.45, 2.75) is 0 Å². The van der Waals surface area contributed by atoms with Crippen molar-refractivity contribution in [3.05, 3.63) is 0 Å². The van der Waals surface area contributed by atoms with Gasteiger partial charge in [-0.3, -0.25) is 0 Å². The zero-order valence-corrected chi connectivity index (χ0v) is 10.0. The average molecular weight is 295 g/mol. The van der Waals surface area contributed by atoms with Crippen LogP contribution in [-0.2, 0) is 53.3 Å². The van der Waals surface area contributed by atoms with Crippen LogP contribution in [0.4, 0.5) is 0 Å². The van der Waals surface area contributed by atoms with Crippen molar-refractivity contribution in [1.29, 1.82) is 0 Å². The molecule has 0 aromatic carbocycles. The summed E-state index contributed by atoms with van der Waals surface area (Å²) in [5, 5.41) is 0. The summed E-state index contributed by atoms with van der Waals surface area (Å²) in [7, 11) is 0. The molecule has 0 aliphatic heterocycles. The monoisotopic (exact) mass is 294 g/mol. The van der Waals surface area contributed by atoms with E-state index < -0.39 is 0 Å². The van der Waals surface area contributed by atoms with E-state index in [0.29, 0.717) is 0 Å². The van der Waals surface area contributed by atoms with E-state index in [1.54, 1.807) is 0 Å². The molecule has 0 amide bonds. The minimum absolute atomic E-state index is 0. The maximum absolute atomic E-state index is 0. The molecule has 0 spiro atoms. The van der Waals surface area contributed by atoms with E-state index in [1.165, 1.54) is 0 Å². The van der Waals surface area contributed by atoms with Crippen LogP contribution in [0, 0.1) is 0 Å². The first-order valence-electron chi connectivity index (χ1n) is 0. The third-order valence-electron chi connectivity index (χ3n) is 0. The SMILES string of the molecule is [Cr].[Ni].[Sn].[Zn]. The summed E-state index contributed by atoms with van der Waals surface area (Å²) in [6.07, 6.45) is 0. The fraction of sp³-hybridized carbons (Fsp3) is 0. The summed E-state index contributed by atoms with van der Waals surface area (Å²) in [6, 6.07) is 0. The second kappa shape index (κ2) is 18.0. The summed E-state index contributed by atoms with van der Waals surface area (Å²) >= 11 is 0. The predicted octanol–water partition coefficient (Wildman–Crippen LogP) is -0.388. The third kappa shape index (κ3) is 8.82. The van der Waals surface area contributed by atoms with E-state index in [9.17, 15) is 0 Å². The van der Waals surface area contributed by atoms with Crippen LogP contribution in [0.5, 0.6) is 0 Å². The van der Waals surface area contributed by atoms with E-state index in [-0.39, 0.29) is 77.2 Å². The standard InChI is InChI=1S/Cr.Ni.Sn.Zn. The van der Waals surface area contributed by atoms with Crippen LogP contribution in [0.1, 0.15) is 0 Å². The van der Waals surface area contributed by atoms with E-state index in [2.05, 4.69) is 0 Å². The van der Waals surface area contributed by atoms with Gasteiger partial charge in [0.2, 0.25) is 0 Å². The molecule has 0 N–H and O–H groups in total. The van der Waals surface area contributed by atoms with Gasteiger partial charge in [0.05, 0.1) is 0 Å². The summed E-state index contributed by atoms with van der Waals surface area (Å²) in [4.78, 5) is 0. The van der Waals surface area contributed by atoms with Crippen molar-refractivity contribution in [2.75, 3.05) is 0 Å². The first-order valence-corrected chi connectivity index (χ1v) is 0. The maximum Gasteiger partial charge on any atom is 0 e. The van der Waals surface area contributed by atoms with Gasteiger partial charge < -0.3 is 0 Å². The van der Waals surface area contributed by atoms with Crippen LogP contribution < -0.4 is 0 Å². The largest absolute Gasteiger partial charge is 0 e. The molecule has 0 aromatic rings. The van der Waals surface area contributed by atoms with Crippen molar-refractivity contribution in [1.82, 2.24) is 0 Å². The van der Waals surface area contributed by atoms with Gasteiger partial charge in [-0.05, 0) is 0 Å². The molecule has 0 unspecified atom stereocenters. The molecule has 4 radical (unpaired) electrons. The second-order valence-electron chi connectivity index (χ2n) is 0. The van der Waals surface area contributed by atoms with E-state index in [1.807, 2.05) is 0 Å². The Kier molecular flexibility index (Phi) is 144. The topological polar surface area (TPSA) is 0 Å². The predicted molar refractivity (Wildman–Crippen MR) is 5.75 cm³/mol. The van der Waals surface area contributed by atoms with Crippen molar-refractivity contribution < 1.29 is 53.3 Å². The molecular formula is CrNiSnZn. The number of hydrogen-bond acceptors (Lipinski definition) is 0. The molecule has 4 heteroatoms. The molecule has 0 bridgehead atoms. The van der Waals surface area contributed by atoms with Gasteiger partial charge in [0.15, 0.2) is 0 Å². The Balaban J connectivity index is 0. The second-order valence-corrected chi connectivity index (χ2v) is 0. The van der Waals surface area contributed by atoms with Crippen LogP contribution in [0.3, 0.4) is 0 Å². The van der Waals surface area contributed by atoms with E-state index in [0.717, 1.165) is 0 Å². The Morgan fingerprint density at radius 3 is 1.00 bits per heavy atom. The van der Waals surface area contributed by atoms with Crippen LogP contribution in [0.15, 0.2) is 0 Å². The molecule has 0 aromatic heterocycles. The van der Waals surface area contributed by atoms with Crippen molar-refractivity contribution in [3.63, 3.8) is 0 Å². The van der Waals surface area contributed by atoms with Crippen molar-refractivity contribution in [3.8, 4) is 0 Å². The zero-order valence-electron chi connectivity index (χ0n) is 1.93. The quantitative estimate of drug-likeness (QED) is 0.534. The Morgan fingerprint density at radius 1 is 1.00 bits per heavy atom. The number of hydrogen-bond donors (Lipinski definition) is 0. The Morgan fingerprint density at radius 2 is 1.00 bits per heavy atom. The van der Waals surface area contributed by atoms with Gasteiger partial charge in [0.25, 0.3) is 0 Å². The molecule has 0 fully saturated rings. The minimum atomic E-state index is 0. The van der Waals surface area contributed by atoms with Crippen LogP contribution in [-0.4, -0.2) is 23.9 Å². The molecular weight excluding hydrogens is 295 g/mol. The fourth-order valence-corrected chi connectivity index (χ4v) is 0. The summed E-state index contributed by atoms with van der Waals surface area (Å²) < 4.78 is 0. The normalized spacial score (nSPS) is 0. The molecule has 0 nitrogen and oxygen atoms in total. The molecule has 0 aliphatic rings. The van der Waals surface area contributed by atoms with Gasteiger partial charge in [0.1, 0.15) is 0 Å². The molecule has 22 valence electrons. The first-order chi connectivity index (χ1) is 0. The van der Waals surface area contributed by atoms with Gasteiger partial charge in [0, 0.05) is 77.2 Å². The smallest absolute Gasteiger partial charge is 0 e. The first kappa shape index (κ1) is 31.9. The molecule has 0 rings (SSSR count). The average Bonchev–Trinajstić information content (AvgIpc) is 0. The van der Waals surface area contributed by atoms with Crippen LogP contribution in [0.25, 0.3) is 0 Å². The Labute approximate surface area is 76.3 Å². The van der Waals surface area contributed by atoms with Gasteiger partial charge in [-0.1, -0.05) is 0 Å². The van der Waals surface area contributed by atoms with Crippen LogP contribution >= 0.6 is 0 Å². The van der Waals surface area contributed by atoms with Gasteiger partial charge in [-0.2, -0.15) is 0 Å². The third-order valence-corrected chi connectivity index (χ3v) is 0. The Bertz CT molecular complexity index is 8.00. The zero-order chi connectivity index (χ0) is 0. The van der Waals surface area contributed by atoms with Gasteiger partial charge >= 0.3 is 0 Å². The fourth-order valence-electron chi connectivity index (χ4n) is 0. The molecule has 0 heterocycles. The van der Waals surface area contributed by atoms with Gasteiger partial charge in [-0.25, -0.2) is 0 Å². The molecule has 0 atom stereocenters. The van der Waals surface area contributed by atoms with Crippen molar-refractivity contribution >= 4 is 23.9 Å². The summed E-state index contributed by atoms with van der Waals surface area (Å²) in [6.45, 7) is 0. The summed E-state index contributed by atoms with van der Waals surface area (Å²) in [5.41, 5.74) is 0. The number of rotatable bonds is 0. The van der Waals surface area contributed by atoms with Crippen LogP contribution in [0.2, 0.25) is 0 Å². The van der Waals surface area contributed by atoms with Crippen molar-refractivity contribution in [2.24, 2.45) is 0 Å². The van der Waals surface area contributed by atoms with E-state index in [4.69, 9.17) is 0 Å².